The second kappa shape index (κ2) is 7.98. The minimum atomic E-state index is -0.556. The normalized spacial score (nSPS) is 19.1. The number of likely N-dealkylation sites (tertiary alicyclic amines) is 1. The summed E-state index contributed by atoms with van der Waals surface area (Å²) in [4.78, 5) is 2.27. The molecule has 1 saturated heterocycles. The molecule has 1 N–H and O–H groups in total. The first-order valence-electron chi connectivity index (χ1n) is 8.91. The van der Waals surface area contributed by atoms with Crippen LogP contribution in [0.25, 0.3) is 0 Å². The minimum Gasteiger partial charge on any atom is -0.490 e. The molecule has 0 aliphatic carbocycles. The van der Waals surface area contributed by atoms with Crippen molar-refractivity contribution in [1.82, 2.24) is 4.90 Å². The number of β-amino-alcohol motifs (C(OH)–C–C–N with tert-alkyl or cyclic N) is 1. The summed E-state index contributed by atoms with van der Waals surface area (Å²) in [5.41, 5.74) is 3.27. The van der Waals surface area contributed by atoms with Crippen molar-refractivity contribution >= 4 is 0 Å². The highest BCUT2D eigenvalue weighted by atomic mass is 19.1. The van der Waals surface area contributed by atoms with Gasteiger partial charge >= 0.3 is 0 Å². The molecule has 1 aliphatic heterocycles. The van der Waals surface area contributed by atoms with Crippen LogP contribution in [0.1, 0.15) is 35.6 Å². The van der Waals surface area contributed by atoms with E-state index in [0.29, 0.717) is 6.54 Å². The van der Waals surface area contributed by atoms with Crippen LogP contribution in [-0.2, 0) is 0 Å². The van der Waals surface area contributed by atoms with Crippen molar-refractivity contribution in [3.05, 3.63) is 65.0 Å². The van der Waals surface area contributed by atoms with Crippen LogP contribution in [-0.4, -0.2) is 35.8 Å². The molecule has 0 spiro atoms. The quantitative estimate of drug-likeness (QED) is 0.860. The summed E-state index contributed by atoms with van der Waals surface area (Å²) in [5, 5.41) is 10.4. The second-order valence-electron chi connectivity index (χ2n) is 6.89. The van der Waals surface area contributed by atoms with E-state index in [-0.39, 0.29) is 18.5 Å². The minimum absolute atomic E-state index is 0.213. The number of para-hydroxylation sites is 1. The van der Waals surface area contributed by atoms with Crippen molar-refractivity contribution in [3.63, 3.8) is 0 Å². The molecule has 1 heterocycles. The Balaban J connectivity index is 1.58. The number of rotatable bonds is 6. The molecule has 4 heteroatoms. The average Bonchev–Trinajstić information content (AvgIpc) is 3.03. The lowest BCUT2D eigenvalue weighted by Crippen LogP contribution is -2.35. The Labute approximate surface area is 149 Å². The molecule has 134 valence electrons. The molecule has 0 bridgehead atoms. The predicted molar refractivity (Wildman–Crippen MR) is 97.4 cm³/mol. The third-order valence-corrected chi connectivity index (χ3v) is 4.89. The van der Waals surface area contributed by atoms with Crippen molar-refractivity contribution in [2.45, 2.75) is 38.8 Å². The van der Waals surface area contributed by atoms with Gasteiger partial charge in [0.25, 0.3) is 0 Å². The third kappa shape index (κ3) is 4.39. The van der Waals surface area contributed by atoms with Gasteiger partial charge < -0.3 is 9.84 Å². The van der Waals surface area contributed by atoms with Gasteiger partial charge in [0.05, 0.1) is 0 Å². The Morgan fingerprint density at radius 3 is 2.52 bits per heavy atom. The van der Waals surface area contributed by atoms with Gasteiger partial charge in [-0.1, -0.05) is 30.3 Å². The van der Waals surface area contributed by atoms with Gasteiger partial charge in [0.1, 0.15) is 24.3 Å². The van der Waals surface area contributed by atoms with E-state index in [2.05, 4.69) is 4.90 Å². The summed E-state index contributed by atoms with van der Waals surface area (Å²) >= 11 is 0. The molecule has 2 aromatic carbocycles. The summed E-state index contributed by atoms with van der Waals surface area (Å²) in [5.74, 6) is 0.647. The van der Waals surface area contributed by atoms with Gasteiger partial charge in [-0.2, -0.15) is 0 Å². The fourth-order valence-corrected chi connectivity index (χ4v) is 3.64. The highest BCUT2D eigenvalue weighted by Crippen LogP contribution is 2.32. The van der Waals surface area contributed by atoms with Gasteiger partial charge in [-0.25, -0.2) is 4.39 Å². The molecule has 0 saturated carbocycles. The first-order chi connectivity index (χ1) is 12.0. The zero-order valence-corrected chi connectivity index (χ0v) is 14.9. The van der Waals surface area contributed by atoms with Crippen molar-refractivity contribution in [2.75, 3.05) is 19.7 Å². The van der Waals surface area contributed by atoms with Crippen LogP contribution < -0.4 is 4.74 Å². The number of hydrogen-bond acceptors (Lipinski definition) is 3. The lowest BCUT2D eigenvalue weighted by atomic mass is 10.0. The molecule has 1 fully saturated rings. The van der Waals surface area contributed by atoms with Crippen LogP contribution in [0, 0.1) is 19.7 Å². The molecule has 0 radical (unpaired) electrons. The number of hydrogen-bond donors (Lipinski definition) is 1. The summed E-state index contributed by atoms with van der Waals surface area (Å²) in [6.45, 7) is 5.81. The predicted octanol–water partition coefficient (Wildman–Crippen LogP) is 4.02. The van der Waals surface area contributed by atoms with E-state index in [1.807, 2.05) is 44.2 Å². The maximum atomic E-state index is 13.1. The van der Waals surface area contributed by atoms with Crippen LogP contribution in [0.15, 0.2) is 42.5 Å². The van der Waals surface area contributed by atoms with Gasteiger partial charge in [-0.15, -0.1) is 0 Å². The largest absolute Gasteiger partial charge is 0.490 e. The molecule has 0 amide bonds. The number of aliphatic hydroxyl groups excluding tert-OH is 1. The number of ether oxygens (including phenoxy) is 1. The average molecular weight is 343 g/mol. The van der Waals surface area contributed by atoms with Crippen molar-refractivity contribution in [2.24, 2.45) is 0 Å². The SMILES string of the molecule is Cc1cccc(C)c1OC[C@@H](O)CN1CCC[C@H]1c1ccc(F)cc1. The van der Waals surface area contributed by atoms with Crippen molar-refractivity contribution in [1.29, 1.82) is 0 Å². The molecular formula is C21H26FNO2. The van der Waals surface area contributed by atoms with Gasteiger partial charge in [0.2, 0.25) is 0 Å². The number of aliphatic hydroxyl groups is 1. The van der Waals surface area contributed by atoms with E-state index >= 15 is 0 Å². The molecule has 0 unspecified atom stereocenters. The maximum Gasteiger partial charge on any atom is 0.125 e. The maximum absolute atomic E-state index is 13.1. The van der Waals surface area contributed by atoms with Crippen LogP contribution >= 0.6 is 0 Å². The highest BCUT2D eigenvalue weighted by Gasteiger charge is 2.27. The first kappa shape index (κ1) is 17.9. The summed E-state index contributed by atoms with van der Waals surface area (Å²) in [6, 6.07) is 13.0. The molecular weight excluding hydrogens is 317 g/mol. The lowest BCUT2D eigenvalue weighted by molar-refractivity contribution is 0.0634. The molecule has 3 rings (SSSR count). The summed E-state index contributed by atoms with van der Waals surface area (Å²) < 4.78 is 19.0. The standard InChI is InChI=1S/C21H26FNO2/c1-15-5-3-6-16(2)21(15)25-14-19(24)13-23-12-4-7-20(23)17-8-10-18(22)11-9-17/h3,5-6,8-11,19-20,24H,4,7,12-14H2,1-2H3/t19-,20-/m0/s1. The van der Waals surface area contributed by atoms with E-state index in [4.69, 9.17) is 4.74 Å². The number of aryl methyl sites for hydroxylation is 2. The number of benzene rings is 2. The highest BCUT2D eigenvalue weighted by molar-refractivity contribution is 5.39. The lowest BCUT2D eigenvalue weighted by Gasteiger charge is -2.27. The van der Waals surface area contributed by atoms with E-state index in [1.54, 1.807) is 0 Å². The van der Waals surface area contributed by atoms with Crippen LogP contribution in [0.3, 0.4) is 0 Å². The Morgan fingerprint density at radius 2 is 1.84 bits per heavy atom. The first-order valence-corrected chi connectivity index (χ1v) is 8.91. The molecule has 2 atom stereocenters. The Kier molecular flexibility index (Phi) is 5.71. The van der Waals surface area contributed by atoms with E-state index in [1.165, 1.54) is 12.1 Å². The Morgan fingerprint density at radius 1 is 1.16 bits per heavy atom. The van der Waals surface area contributed by atoms with Crippen molar-refractivity contribution in [3.8, 4) is 5.75 Å². The van der Waals surface area contributed by atoms with E-state index in [9.17, 15) is 9.50 Å². The van der Waals surface area contributed by atoms with Gasteiger partial charge in [-0.05, 0) is 62.1 Å². The Bertz CT molecular complexity index is 681. The van der Waals surface area contributed by atoms with E-state index in [0.717, 1.165) is 41.8 Å². The summed E-state index contributed by atoms with van der Waals surface area (Å²) in [7, 11) is 0. The monoisotopic (exact) mass is 343 g/mol. The topological polar surface area (TPSA) is 32.7 Å². The Hall–Kier alpha value is -1.91. The smallest absolute Gasteiger partial charge is 0.125 e. The third-order valence-electron chi connectivity index (χ3n) is 4.89. The fraction of sp³-hybridized carbons (Fsp3) is 0.429. The number of nitrogens with zero attached hydrogens (tertiary/aromatic N) is 1. The van der Waals surface area contributed by atoms with Gasteiger partial charge in [0.15, 0.2) is 0 Å². The fourth-order valence-electron chi connectivity index (χ4n) is 3.64. The summed E-state index contributed by atoms with van der Waals surface area (Å²) in [6.07, 6.45) is 1.57. The zero-order valence-electron chi connectivity index (χ0n) is 14.9. The molecule has 25 heavy (non-hydrogen) atoms. The van der Waals surface area contributed by atoms with Gasteiger partial charge in [0, 0.05) is 12.6 Å². The molecule has 2 aromatic rings. The van der Waals surface area contributed by atoms with Crippen LogP contribution in [0.4, 0.5) is 4.39 Å². The van der Waals surface area contributed by atoms with Gasteiger partial charge in [-0.3, -0.25) is 4.90 Å². The zero-order chi connectivity index (χ0) is 17.8. The number of halogens is 1. The van der Waals surface area contributed by atoms with Crippen LogP contribution in [0.5, 0.6) is 5.75 Å². The molecule has 1 aliphatic rings. The second-order valence-corrected chi connectivity index (χ2v) is 6.89. The molecule has 0 aromatic heterocycles. The van der Waals surface area contributed by atoms with Crippen LogP contribution in [0.2, 0.25) is 0 Å². The molecule has 3 nitrogen and oxygen atoms in total. The van der Waals surface area contributed by atoms with E-state index < -0.39 is 6.10 Å². The van der Waals surface area contributed by atoms with Crippen molar-refractivity contribution < 1.29 is 14.2 Å².